The van der Waals surface area contributed by atoms with E-state index < -0.39 is 0 Å². The van der Waals surface area contributed by atoms with Gasteiger partial charge in [0.15, 0.2) is 0 Å². The van der Waals surface area contributed by atoms with Crippen LogP contribution in [0.3, 0.4) is 0 Å². The monoisotopic (exact) mass is 264 g/mol. The number of nitrogens with two attached hydrogens (primary N) is 1. The van der Waals surface area contributed by atoms with E-state index in [1.165, 1.54) is 0 Å². The predicted molar refractivity (Wildman–Crippen MR) is 79.2 cm³/mol. The first-order valence-corrected chi connectivity index (χ1v) is 6.62. The smallest absolute Gasteiger partial charge is 0.129 e. The lowest BCUT2D eigenvalue weighted by atomic mass is 10.1. The van der Waals surface area contributed by atoms with Crippen molar-refractivity contribution in [3.8, 4) is 0 Å². The molecule has 1 aromatic rings. The number of hydrogen-bond acceptors (Lipinski definition) is 4. The van der Waals surface area contributed by atoms with Crippen molar-refractivity contribution in [1.82, 2.24) is 9.88 Å². The van der Waals surface area contributed by atoms with Crippen LogP contribution >= 0.6 is 12.2 Å². The molecule has 1 aliphatic heterocycles. The minimum Gasteiger partial charge on any atom is -0.389 e. The largest absolute Gasteiger partial charge is 0.389 e. The molecular weight excluding hydrogens is 244 g/mol. The van der Waals surface area contributed by atoms with Crippen LogP contribution < -0.4 is 10.6 Å². The summed E-state index contributed by atoms with van der Waals surface area (Å²) in [6.07, 6.45) is 0. The zero-order valence-electron chi connectivity index (χ0n) is 11.2. The van der Waals surface area contributed by atoms with Crippen molar-refractivity contribution in [2.24, 2.45) is 5.73 Å². The molecule has 5 heteroatoms. The number of piperazine rings is 1. The summed E-state index contributed by atoms with van der Waals surface area (Å²) in [5, 5.41) is 0. The van der Waals surface area contributed by atoms with Gasteiger partial charge in [0, 0.05) is 36.9 Å². The van der Waals surface area contributed by atoms with E-state index in [0.29, 0.717) is 11.0 Å². The summed E-state index contributed by atoms with van der Waals surface area (Å²) in [4.78, 5) is 9.71. The molecule has 2 N–H and O–H groups in total. The van der Waals surface area contributed by atoms with Crippen molar-refractivity contribution >= 4 is 23.0 Å². The zero-order chi connectivity index (χ0) is 13.3. The van der Waals surface area contributed by atoms with Gasteiger partial charge in [-0.05, 0) is 33.0 Å². The minimum absolute atomic E-state index is 0.434. The predicted octanol–water partition coefficient (Wildman–Crippen LogP) is 1.16. The summed E-state index contributed by atoms with van der Waals surface area (Å²) in [7, 11) is 2.15. The molecule has 0 bridgehead atoms. The maximum atomic E-state index is 5.71. The van der Waals surface area contributed by atoms with Gasteiger partial charge in [-0.2, -0.15) is 0 Å². The number of thiocarbonyl (C=S) groups is 1. The third kappa shape index (κ3) is 2.79. The molecule has 1 aromatic heterocycles. The molecule has 1 saturated heterocycles. The number of likely N-dealkylation sites (N-methyl/N-ethyl adjacent to an activating group) is 1. The molecule has 0 amide bonds. The van der Waals surface area contributed by atoms with Crippen LogP contribution in [0, 0.1) is 6.92 Å². The summed E-state index contributed by atoms with van der Waals surface area (Å²) in [6.45, 7) is 7.30. The fourth-order valence-corrected chi connectivity index (χ4v) is 2.54. The number of nitrogens with zero attached hydrogens (tertiary/aromatic N) is 3. The molecule has 0 radical (unpaired) electrons. The Labute approximate surface area is 114 Å². The van der Waals surface area contributed by atoms with E-state index in [4.69, 9.17) is 18.0 Å². The second-order valence-electron chi connectivity index (χ2n) is 5.02. The second kappa shape index (κ2) is 5.20. The molecule has 98 valence electrons. The van der Waals surface area contributed by atoms with E-state index in [1.807, 2.05) is 19.1 Å². The molecule has 1 fully saturated rings. The zero-order valence-corrected chi connectivity index (χ0v) is 12.0. The normalized spacial score (nSPS) is 21.1. The van der Waals surface area contributed by atoms with Crippen LogP contribution in [0.4, 0.5) is 5.82 Å². The first kappa shape index (κ1) is 13.2. The Balaban J connectivity index is 2.30. The Morgan fingerprint density at radius 1 is 1.44 bits per heavy atom. The number of anilines is 1. The maximum absolute atomic E-state index is 5.71. The molecule has 0 saturated carbocycles. The molecule has 2 rings (SSSR count). The lowest BCUT2D eigenvalue weighted by Gasteiger charge is -2.39. The first-order valence-electron chi connectivity index (χ1n) is 6.21. The summed E-state index contributed by atoms with van der Waals surface area (Å²) >= 11 is 5.05. The van der Waals surface area contributed by atoms with Crippen LogP contribution in [0.25, 0.3) is 0 Å². The third-order valence-corrected chi connectivity index (χ3v) is 3.58. The van der Waals surface area contributed by atoms with E-state index in [0.717, 1.165) is 36.7 Å². The summed E-state index contributed by atoms with van der Waals surface area (Å²) in [5.41, 5.74) is 7.58. The fourth-order valence-electron chi connectivity index (χ4n) is 2.42. The molecule has 1 atom stereocenters. The SMILES string of the molecule is Cc1cc(C(N)=S)cc(N2CCN(C)CC2C)n1. The number of pyridine rings is 1. The lowest BCUT2D eigenvalue weighted by molar-refractivity contribution is 0.274. The van der Waals surface area contributed by atoms with Crippen molar-refractivity contribution < 1.29 is 0 Å². The van der Waals surface area contributed by atoms with E-state index in [1.54, 1.807) is 0 Å². The summed E-state index contributed by atoms with van der Waals surface area (Å²) < 4.78 is 0. The van der Waals surface area contributed by atoms with E-state index in [9.17, 15) is 0 Å². The number of hydrogen-bond donors (Lipinski definition) is 1. The highest BCUT2D eigenvalue weighted by atomic mass is 32.1. The van der Waals surface area contributed by atoms with Gasteiger partial charge in [-0.3, -0.25) is 0 Å². The Morgan fingerprint density at radius 2 is 2.17 bits per heavy atom. The standard InChI is InChI=1S/C13H20N4S/c1-9-6-11(13(14)18)7-12(15-9)17-5-4-16(3)8-10(17)2/h6-7,10H,4-5,8H2,1-3H3,(H2,14,18). The lowest BCUT2D eigenvalue weighted by Crippen LogP contribution is -2.50. The molecule has 1 aliphatic rings. The van der Waals surface area contributed by atoms with Gasteiger partial charge in [-0.15, -0.1) is 0 Å². The molecule has 0 aromatic carbocycles. The molecule has 0 aliphatic carbocycles. The Bertz CT molecular complexity index is 460. The number of aryl methyl sites for hydroxylation is 1. The summed E-state index contributed by atoms with van der Waals surface area (Å²) in [6, 6.07) is 4.39. The maximum Gasteiger partial charge on any atom is 0.129 e. The fraction of sp³-hybridized carbons (Fsp3) is 0.538. The van der Waals surface area contributed by atoms with Gasteiger partial charge in [0.25, 0.3) is 0 Å². The second-order valence-corrected chi connectivity index (χ2v) is 5.46. The van der Waals surface area contributed by atoms with Crippen LogP contribution in [0.2, 0.25) is 0 Å². The number of aromatic nitrogens is 1. The molecule has 0 spiro atoms. The number of rotatable bonds is 2. The van der Waals surface area contributed by atoms with Gasteiger partial charge in [0.1, 0.15) is 10.8 Å². The van der Waals surface area contributed by atoms with Crippen molar-refractivity contribution in [3.63, 3.8) is 0 Å². The molecule has 2 heterocycles. The van der Waals surface area contributed by atoms with Gasteiger partial charge in [0.2, 0.25) is 0 Å². The first-order chi connectivity index (χ1) is 8.47. The average molecular weight is 264 g/mol. The third-order valence-electron chi connectivity index (χ3n) is 3.35. The Hall–Kier alpha value is -1.20. The van der Waals surface area contributed by atoms with Crippen LogP contribution in [0.1, 0.15) is 18.2 Å². The van der Waals surface area contributed by atoms with E-state index in [-0.39, 0.29) is 0 Å². The van der Waals surface area contributed by atoms with Crippen LogP contribution in [-0.2, 0) is 0 Å². The minimum atomic E-state index is 0.434. The molecule has 1 unspecified atom stereocenters. The van der Waals surface area contributed by atoms with E-state index in [2.05, 4.69) is 28.8 Å². The average Bonchev–Trinajstić information content (AvgIpc) is 2.27. The van der Waals surface area contributed by atoms with Gasteiger partial charge in [0.05, 0.1) is 0 Å². The molecule has 18 heavy (non-hydrogen) atoms. The van der Waals surface area contributed by atoms with Gasteiger partial charge < -0.3 is 15.5 Å². The highest BCUT2D eigenvalue weighted by molar-refractivity contribution is 7.80. The van der Waals surface area contributed by atoms with Crippen LogP contribution in [-0.4, -0.2) is 47.6 Å². The van der Waals surface area contributed by atoms with Gasteiger partial charge in [-0.1, -0.05) is 12.2 Å². The van der Waals surface area contributed by atoms with Gasteiger partial charge >= 0.3 is 0 Å². The van der Waals surface area contributed by atoms with Crippen molar-refractivity contribution in [2.45, 2.75) is 19.9 Å². The molecular formula is C13H20N4S. The van der Waals surface area contributed by atoms with Gasteiger partial charge in [-0.25, -0.2) is 4.98 Å². The topological polar surface area (TPSA) is 45.4 Å². The summed E-state index contributed by atoms with van der Waals surface area (Å²) in [5.74, 6) is 0.985. The highest BCUT2D eigenvalue weighted by Gasteiger charge is 2.23. The molecule has 4 nitrogen and oxygen atoms in total. The van der Waals surface area contributed by atoms with Crippen LogP contribution in [0.15, 0.2) is 12.1 Å². The van der Waals surface area contributed by atoms with Crippen molar-refractivity contribution in [1.29, 1.82) is 0 Å². The quantitative estimate of drug-likeness (QED) is 0.812. The Kier molecular flexibility index (Phi) is 3.82. The van der Waals surface area contributed by atoms with E-state index >= 15 is 0 Å². The Morgan fingerprint density at radius 3 is 2.78 bits per heavy atom. The van der Waals surface area contributed by atoms with Crippen LogP contribution in [0.5, 0.6) is 0 Å². The van der Waals surface area contributed by atoms with Crippen molar-refractivity contribution in [2.75, 3.05) is 31.6 Å². The van der Waals surface area contributed by atoms with Crippen molar-refractivity contribution in [3.05, 3.63) is 23.4 Å². The highest BCUT2D eigenvalue weighted by Crippen LogP contribution is 2.20.